The van der Waals surface area contributed by atoms with Crippen LogP contribution in [0.4, 0.5) is 5.69 Å². The lowest BCUT2D eigenvalue weighted by atomic mass is 10.2. The molecule has 0 saturated heterocycles. The Hall–Kier alpha value is -3.39. The first-order valence-electron chi connectivity index (χ1n) is 8.80. The smallest absolute Gasteiger partial charge is 0.261 e. The number of sulfonamides is 1. The lowest BCUT2D eigenvalue weighted by Crippen LogP contribution is -2.26. The van der Waals surface area contributed by atoms with E-state index in [9.17, 15) is 13.2 Å². The van der Waals surface area contributed by atoms with Crippen LogP contribution in [0.25, 0.3) is 0 Å². The molecule has 8 heteroatoms. The van der Waals surface area contributed by atoms with Crippen molar-refractivity contribution in [2.24, 2.45) is 0 Å². The monoisotopic (exact) mass is 411 g/mol. The molecule has 2 aromatic carbocycles. The molecule has 1 aromatic heterocycles. The molecule has 7 nitrogen and oxygen atoms in total. The van der Waals surface area contributed by atoms with Gasteiger partial charge in [-0.2, -0.15) is 0 Å². The van der Waals surface area contributed by atoms with E-state index in [4.69, 9.17) is 4.74 Å². The van der Waals surface area contributed by atoms with E-state index >= 15 is 0 Å². The minimum atomic E-state index is -3.77. The average molecular weight is 411 g/mol. The highest BCUT2D eigenvalue weighted by molar-refractivity contribution is 7.92. The molecule has 1 amide bonds. The van der Waals surface area contributed by atoms with Gasteiger partial charge in [-0.05, 0) is 66.2 Å². The third kappa shape index (κ3) is 5.11. The van der Waals surface area contributed by atoms with Gasteiger partial charge in [-0.1, -0.05) is 0 Å². The summed E-state index contributed by atoms with van der Waals surface area (Å²) in [6.45, 7) is 0.431. The van der Waals surface area contributed by atoms with Crippen LogP contribution in [0.2, 0.25) is 0 Å². The highest BCUT2D eigenvalue weighted by atomic mass is 32.2. The third-order valence-corrected chi connectivity index (χ3v) is 5.67. The van der Waals surface area contributed by atoms with E-state index in [2.05, 4.69) is 9.71 Å². The first-order valence-corrected chi connectivity index (χ1v) is 10.3. The fraction of sp³-hybridized carbons (Fsp3) is 0.143. The molecule has 0 spiro atoms. The molecule has 150 valence electrons. The molecule has 0 aliphatic carbocycles. The van der Waals surface area contributed by atoms with E-state index < -0.39 is 10.0 Å². The van der Waals surface area contributed by atoms with Gasteiger partial charge in [0, 0.05) is 37.2 Å². The Morgan fingerprint density at radius 2 is 1.62 bits per heavy atom. The van der Waals surface area contributed by atoms with E-state index in [1.807, 2.05) is 12.1 Å². The van der Waals surface area contributed by atoms with Crippen molar-refractivity contribution in [2.75, 3.05) is 18.9 Å². The van der Waals surface area contributed by atoms with Crippen LogP contribution in [0.5, 0.6) is 5.75 Å². The molecule has 0 aliphatic heterocycles. The summed E-state index contributed by atoms with van der Waals surface area (Å²) in [7, 11) is -0.536. The number of pyridine rings is 1. The average Bonchev–Trinajstić information content (AvgIpc) is 2.74. The Balaban J connectivity index is 1.70. The molecule has 0 saturated carbocycles. The number of nitrogens with one attached hydrogen (secondary N) is 1. The number of hydrogen-bond acceptors (Lipinski definition) is 5. The van der Waals surface area contributed by atoms with Gasteiger partial charge in [-0.15, -0.1) is 0 Å². The maximum atomic E-state index is 12.6. The molecule has 0 radical (unpaired) electrons. The van der Waals surface area contributed by atoms with Crippen molar-refractivity contribution in [1.29, 1.82) is 0 Å². The van der Waals surface area contributed by atoms with Gasteiger partial charge in [0.25, 0.3) is 15.9 Å². The van der Waals surface area contributed by atoms with E-state index in [0.29, 0.717) is 23.5 Å². The number of nitrogens with zero attached hydrogens (tertiary/aromatic N) is 2. The largest absolute Gasteiger partial charge is 0.497 e. The number of amides is 1. The highest BCUT2D eigenvalue weighted by Gasteiger charge is 2.17. The zero-order valence-corrected chi connectivity index (χ0v) is 16.9. The molecule has 3 aromatic rings. The number of ether oxygens (including phenoxy) is 1. The van der Waals surface area contributed by atoms with E-state index in [0.717, 1.165) is 5.56 Å². The number of benzene rings is 2. The van der Waals surface area contributed by atoms with Crippen molar-refractivity contribution >= 4 is 21.6 Å². The number of methoxy groups -OCH3 is 1. The van der Waals surface area contributed by atoms with Crippen molar-refractivity contribution in [3.63, 3.8) is 0 Å². The molecule has 0 unspecified atom stereocenters. The second-order valence-electron chi connectivity index (χ2n) is 6.38. The van der Waals surface area contributed by atoms with E-state index in [1.165, 1.54) is 31.4 Å². The second-order valence-corrected chi connectivity index (χ2v) is 8.06. The Morgan fingerprint density at radius 3 is 2.21 bits per heavy atom. The van der Waals surface area contributed by atoms with Crippen LogP contribution < -0.4 is 9.46 Å². The Labute approximate surface area is 170 Å². The van der Waals surface area contributed by atoms with Crippen molar-refractivity contribution in [3.8, 4) is 5.75 Å². The molecule has 0 fully saturated rings. The van der Waals surface area contributed by atoms with Gasteiger partial charge in [0.05, 0.1) is 12.0 Å². The minimum absolute atomic E-state index is 0.0710. The first kappa shape index (κ1) is 20.3. The number of rotatable bonds is 7. The molecule has 29 heavy (non-hydrogen) atoms. The van der Waals surface area contributed by atoms with Gasteiger partial charge >= 0.3 is 0 Å². The van der Waals surface area contributed by atoms with E-state index in [1.54, 1.807) is 48.6 Å². The normalized spacial score (nSPS) is 11.0. The highest BCUT2D eigenvalue weighted by Crippen LogP contribution is 2.20. The quantitative estimate of drug-likeness (QED) is 0.645. The van der Waals surface area contributed by atoms with Crippen molar-refractivity contribution in [3.05, 3.63) is 84.2 Å². The van der Waals surface area contributed by atoms with Crippen molar-refractivity contribution in [1.82, 2.24) is 9.88 Å². The fourth-order valence-electron chi connectivity index (χ4n) is 2.70. The molecule has 1 heterocycles. The molecule has 1 N–H and O–H groups in total. The van der Waals surface area contributed by atoms with Crippen LogP contribution in [0.15, 0.2) is 78.0 Å². The Kier molecular flexibility index (Phi) is 6.13. The van der Waals surface area contributed by atoms with Crippen LogP contribution >= 0.6 is 0 Å². The zero-order chi connectivity index (χ0) is 20.9. The molecule has 0 bridgehead atoms. The van der Waals surface area contributed by atoms with Gasteiger partial charge in [0.15, 0.2) is 0 Å². The maximum Gasteiger partial charge on any atom is 0.261 e. The van der Waals surface area contributed by atoms with Gasteiger partial charge in [0.2, 0.25) is 0 Å². The lowest BCUT2D eigenvalue weighted by Gasteiger charge is -2.17. The molecular formula is C21H21N3O4S. The maximum absolute atomic E-state index is 12.6. The summed E-state index contributed by atoms with van der Waals surface area (Å²) in [5.74, 6) is 0.431. The summed E-state index contributed by atoms with van der Waals surface area (Å²) in [5, 5.41) is 0. The van der Waals surface area contributed by atoms with Gasteiger partial charge in [0.1, 0.15) is 5.75 Å². The molecular weight excluding hydrogens is 390 g/mol. The summed E-state index contributed by atoms with van der Waals surface area (Å²) in [4.78, 5) is 18.2. The predicted octanol–water partition coefficient (Wildman–Crippen LogP) is 3.16. The standard InChI is InChI=1S/C21H21N3O4S/c1-24(15-16-11-13-22-14-12-16)21(25)17-3-9-20(10-4-17)29(26,27)23-18-5-7-19(28-2)8-6-18/h3-14,23H,15H2,1-2H3. The van der Waals surface area contributed by atoms with Gasteiger partial charge < -0.3 is 9.64 Å². The summed E-state index contributed by atoms with van der Waals surface area (Å²) in [6.07, 6.45) is 3.34. The van der Waals surface area contributed by atoms with Gasteiger partial charge in [-0.3, -0.25) is 14.5 Å². The molecule has 3 rings (SSSR count). The van der Waals surface area contributed by atoms with Crippen molar-refractivity contribution < 1.29 is 17.9 Å². The number of carbonyl (C=O) groups excluding carboxylic acids is 1. The third-order valence-electron chi connectivity index (χ3n) is 4.27. The molecule has 0 atom stereocenters. The fourth-order valence-corrected chi connectivity index (χ4v) is 3.76. The van der Waals surface area contributed by atoms with Crippen molar-refractivity contribution in [2.45, 2.75) is 11.4 Å². The lowest BCUT2D eigenvalue weighted by molar-refractivity contribution is 0.0785. The summed E-state index contributed by atoms with van der Waals surface area (Å²) < 4.78 is 32.7. The van der Waals surface area contributed by atoms with Crippen LogP contribution in [0.3, 0.4) is 0 Å². The number of anilines is 1. The van der Waals surface area contributed by atoms with Crippen LogP contribution in [0, 0.1) is 0 Å². The number of carbonyl (C=O) groups is 1. The first-order chi connectivity index (χ1) is 13.9. The van der Waals surface area contributed by atoms with Crippen LogP contribution in [-0.2, 0) is 16.6 Å². The Morgan fingerprint density at radius 1 is 1.00 bits per heavy atom. The minimum Gasteiger partial charge on any atom is -0.497 e. The predicted molar refractivity (Wildman–Crippen MR) is 110 cm³/mol. The SMILES string of the molecule is COc1ccc(NS(=O)(=O)c2ccc(C(=O)N(C)Cc3ccncc3)cc2)cc1. The number of aromatic nitrogens is 1. The zero-order valence-electron chi connectivity index (χ0n) is 16.1. The van der Waals surface area contributed by atoms with Crippen LogP contribution in [-0.4, -0.2) is 38.4 Å². The van der Waals surface area contributed by atoms with Crippen LogP contribution in [0.1, 0.15) is 15.9 Å². The second kappa shape index (κ2) is 8.74. The number of hydrogen-bond donors (Lipinski definition) is 1. The summed E-state index contributed by atoms with van der Waals surface area (Å²) >= 11 is 0. The summed E-state index contributed by atoms with van der Waals surface area (Å²) in [6, 6.07) is 16.1. The topological polar surface area (TPSA) is 88.6 Å². The van der Waals surface area contributed by atoms with Gasteiger partial charge in [-0.25, -0.2) is 8.42 Å². The Bertz CT molecular complexity index is 1070. The molecule has 0 aliphatic rings. The summed E-state index contributed by atoms with van der Waals surface area (Å²) in [5.41, 5.74) is 1.78. The van der Waals surface area contributed by atoms with E-state index in [-0.39, 0.29) is 10.8 Å².